The van der Waals surface area contributed by atoms with Gasteiger partial charge >= 0.3 is 0 Å². The van der Waals surface area contributed by atoms with E-state index in [1.807, 2.05) is 13.8 Å². The topological polar surface area (TPSA) is 128 Å². The van der Waals surface area contributed by atoms with Crippen molar-refractivity contribution >= 4 is 49.8 Å². The van der Waals surface area contributed by atoms with Gasteiger partial charge in [0.1, 0.15) is 0 Å². The van der Waals surface area contributed by atoms with Crippen LogP contribution in [0.1, 0.15) is 25.8 Å². The minimum Gasteiger partial charge on any atom is -0.278 e. The third-order valence-electron chi connectivity index (χ3n) is 3.73. The van der Waals surface area contributed by atoms with Crippen molar-refractivity contribution in [3.63, 3.8) is 0 Å². The normalized spacial score (nSPS) is 12.3. The fraction of sp³-hybridized carbons (Fsp3) is 0.278. The van der Waals surface area contributed by atoms with Crippen LogP contribution in [0.15, 0.2) is 51.3 Å². The number of halogens is 1. The second-order valence-electron chi connectivity index (χ2n) is 6.71. The Bertz CT molecular complexity index is 1040. The number of non-ortho nitro benzene ring substituents is 1. The van der Waals surface area contributed by atoms with Crippen LogP contribution in [-0.2, 0) is 10.0 Å². The summed E-state index contributed by atoms with van der Waals surface area (Å²) >= 11 is 7.34. The van der Waals surface area contributed by atoms with Crippen LogP contribution >= 0.6 is 23.4 Å². The molecule has 0 aromatic heterocycles. The molecule has 0 aliphatic rings. The molecule has 11 heteroatoms. The Morgan fingerprint density at radius 2 is 1.93 bits per heavy atom. The van der Waals surface area contributed by atoms with E-state index >= 15 is 0 Å². The number of nitrogens with zero attached hydrogens (tertiary/aromatic N) is 2. The first-order chi connectivity index (χ1) is 13.5. The monoisotopic (exact) mass is 456 g/mol. The van der Waals surface area contributed by atoms with Gasteiger partial charge in [0.15, 0.2) is 0 Å². The zero-order valence-corrected chi connectivity index (χ0v) is 18.4. The summed E-state index contributed by atoms with van der Waals surface area (Å²) in [5, 5.41) is 21.5. The molecule has 0 saturated carbocycles. The molecular formula is C18H21ClN4O4S2. The summed E-state index contributed by atoms with van der Waals surface area (Å²) in [4.78, 5) is 10.6. The SMILES string of the molecule is Cc1cc(S(N)(=O)=O)c(S/C(CC(C)C)=N\Nc2ccc([N+](=O)[O-])cc2)cc1Cl. The van der Waals surface area contributed by atoms with Gasteiger partial charge in [-0.3, -0.25) is 15.5 Å². The quantitative estimate of drug-likeness (QED) is 0.203. The molecule has 0 atom stereocenters. The fourth-order valence-electron chi connectivity index (χ4n) is 2.31. The van der Waals surface area contributed by atoms with Crippen molar-refractivity contribution in [1.29, 1.82) is 0 Å². The molecule has 3 N–H and O–H groups in total. The Morgan fingerprint density at radius 1 is 1.31 bits per heavy atom. The lowest BCUT2D eigenvalue weighted by atomic mass is 10.1. The Morgan fingerprint density at radius 3 is 2.45 bits per heavy atom. The molecule has 156 valence electrons. The lowest BCUT2D eigenvalue weighted by molar-refractivity contribution is -0.384. The van der Waals surface area contributed by atoms with Crippen LogP contribution in [0.4, 0.5) is 11.4 Å². The summed E-state index contributed by atoms with van der Waals surface area (Å²) < 4.78 is 24.0. The molecule has 0 unspecified atom stereocenters. The smallest absolute Gasteiger partial charge is 0.269 e. The minimum absolute atomic E-state index is 0.0174. The van der Waals surface area contributed by atoms with E-state index in [-0.39, 0.29) is 16.5 Å². The standard InChI is InChI=1S/C18H21ClN4O4S2/c1-11(2)8-18(22-21-13-4-6-14(7-5-13)23(24)25)28-16-10-15(19)12(3)9-17(16)29(20,26)27/h4-7,9-11,21H,8H2,1-3H3,(H2,20,26,27)/b22-18-. The number of nitrogens with one attached hydrogen (secondary N) is 1. The van der Waals surface area contributed by atoms with Crippen molar-refractivity contribution in [2.75, 3.05) is 5.43 Å². The van der Waals surface area contributed by atoms with Gasteiger partial charge in [-0.2, -0.15) is 5.10 Å². The number of thioether (sulfide) groups is 1. The van der Waals surface area contributed by atoms with E-state index in [1.165, 1.54) is 30.3 Å². The van der Waals surface area contributed by atoms with Crippen LogP contribution in [-0.4, -0.2) is 18.4 Å². The summed E-state index contributed by atoms with van der Waals surface area (Å²) in [5.41, 5.74) is 3.99. The first kappa shape index (κ1) is 23.1. The van der Waals surface area contributed by atoms with E-state index in [0.717, 1.165) is 11.8 Å². The number of rotatable bonds is 7. The molecule has 0 heterocycles. The van der Waals surface area contributed by atoms with Crippen molar-refractivity contribution in [2.45, 2.75) is 37.0 Å². The first-order valence-electron chi connectivity index (χ1n) is 8.55. The molecule has 0 aliphatic heterocycles. The van der Waals surface area contributed by atoms with Gasteiger partial charge < -0.3 is 0 Å². The number of benzene rings is 2. The molecule has 0 amide bonds. The molecule has 8 nitrogen and oxygen atoms in total. The Kier molecular flexibility index (Phi) is 7.64. The summed E-state index contributed by atoms with van der Waals surface area (Å²) in [7, 11) is -3.95. The number of hydrazone groups is 1. The van der Waals surface area contributed by atoms with Gasteiger partial charge in [-0.1, -0.05) is 37.2 Å². The van der Waals surface area contributed by atoms with E-state index in [2.05, 4.69) is 10.5 Å². The van der Waals surface area contributed by atoms with Gasteiger partial charge in [0, 0.05) is 28.5 Å². The summed E-state index contributed by atoms with van der Waals surface area (Å²) in [6, 6.07) is 8.81. The van der Waals surface area contributed by atoms with Gasteiger partial charge in [-0.05, 0) is 42.7 Å². The van der Waals surface area contributed by atoms with Crippen molar-refractivity contribution in [3.05, 3.63) is 57.1 Å². The molecule has 0 bridgehead atoms. The lowest BCUT2D eigenvalue weighted by Crippen LogP contribution is -2.14. The number of anilines is 1. The van der Waals surface area contributed by atoms with Crippen LogP contribution in [0, 0.1) is 23.0 Å². The van der Waals surface area contributed by atoms with Crippen LogP contribution in [0.25, 0.3) is 0 Å². The Labute approximate surface area is 178 Å². The minimum atomic E-state index is -3.95. The number of sulfonamides is 1. The maximum Gasteiger partial charge on any atom is 0.269 e. The number of aryl methyl sites for hydroxylation is 1. The maximum atomic E-state index is 12.0. The predicted octanol–water partition coefficient (Wildman–Crippen LogP) is 4.77. The molecule has 2 rings (SSSR count). The molecule has 0 saturated heterocycles. The molecule has 29 heavy (non-hydrogen) atoms. The van der Waals surface area contributed by atoms with E-state index in [1.54, 1.807) is 13.0 Å². The predicted molar refractivity (Wildman–Crippen MR) is 117 cm³/mol. The van der Waals surface area contributed by atoms with E-state index in [0.29, 0.717) is 32.6 Å². The Hall–Kier alpha value is -2.14. The number of nitrogens with two attached hydrogens (primary N) is 1. The highest BCUT2D eigenvalue weighted by molar-refractivity contribution is 8.14. The highest BCUT2D eigenvalue weighted by Crippen LogP contribution is 2.33. The highest BCUT2D eigenvalue weighted by Gasteiger charge is 2.19. The van der Waals surface area contributed by atoms with Crippen LogP contribution in [0.3, 0.4) is 0 Å². The van der Waals surface area contributed by atoms with Crippen molar-refractivity contribution < 1.29 is 13.3 Å². The third kappa shape index (κ3) is 6.70. The number of primary sulfonamides is 1. The van der Waals surface area contributed by atoms with Crippen molar-refractivity contribution in [3.8, 4) is 0 Å². The average molecular weight is 457 g/mol. The highest BCUT2D eigenvalue weighted by atomic mass is 35.5. The fourth-order valence-corrected chi connectivity index (χ4v) is 4.79. The van der Waals surface area contributed by atoms with Crippen LogP contribution < -0.4 is 10.6 Å². The third-order valence-corrected chi connectivity index (χ3v) is 6.27. The molecular weight excluding hydrogens is 436 g/mol. The summed E-state index contributed by atoms with van der Waals surface area (Å²) in [6.07, 6.45) is 0.570. The first-order valence-corrected chi connectivity index (χ1v) is 11.3. The molecule has 0 radical (unpaired) electrons. The largest absolute Gasteiger partial charge is 0.278 e. The molecule has 0 aliphatic carbocycles. The average Bonchev–Trinajstić information content (AvgIpc) is 2.61. The zero-order chi connectivity index (χ0) is 21.8. The van der Waals surface area contributed by atoms with Crippen LogP contribution in [0.2, 0.25) is 5.02 Å². The van der Waals surface area contributed by atoms with Gasteiger partial charge in [-0.25, -0.2) is 13.6 Å². The maximum absolute atomic E-state index is 12.0. The molecule has 0 spiro atoms. The zero-order valence-electron chi connectivity index (χ0n) is 16.0. The van der Waals surface area contributed by atoms with Crippen molar-refractivity contribution in [1.82, 2.24) is 0 Å². The number of nitro groups is 1. The second kappa shape index (κ2) is 9.57. The van der Waals surface area contributed by atoms with E-state index in [9.17, 15) is 18.5 Å². The number of nitro benzene ring substituents is 1. The molecule has 2 aromatic rings. The van der Waals surface area contributed by atoms with Gasteiger partial charge in [0.2, 0.25) is 10.0 Å². The summed E-state index contributed by atoms with van der Waals surface area (Å²) in [6.45, 7) is 5.71. The van der Waals surface area contributed by atoms with E-state index in [4.69, 9.17) is 16.7 Å². The summed E-state index contributed by atoms with van der Waals surface area (Å²) in [5.74, 6) is 0.249. The molecule has 2 aromatic carbocycles. The number of hydrogen-bond donors (Lipinski definition) is 2. The van der Waals surface area contributed by atoms with Gasteiger partial charge in [0.05, 0.1) is 20.5 Å². The number of hydrogen-bond acceptors (Lipinski definition) is 7. The van der Waals surface area contributed by atoms with E-state index < -0.39 is 14.9 Å². The lowest BCUT2D eigenvalue weighted by Gasteiger charge is -2.13. The second-order valence-corrected chi connectivity index (χ2v) is 9.77. The molecule has 0 fully saturated rings. The Balaban J connectivity index is 2.35. The van der Waals surface area contributed by atoms with Gasteiger partial charge in [0.25, 0.3) is 5.69 Å². The van der Waals surface area contributed by atoms with Crippen LogP contribution in [0.5, 0.6) is 0 Å². The van der Waals surface area contributed by atoms with Crippen molar-refractivity contribution in [2.24, 2.45) is 16.2 Å². The van der Waals surface area contributed by atoms with Gasteiger partial charge in [-0.15, -0.1) is 0 Å².